The van der Waals surface area contributed by atoms with Gasteiger partial charge in [0.1, 0.15) is 12.1 Å². The molecule has 1 fully saturated rings. The average molecular weight is 686 g/mol. The van der Waals surface area contributed by atoms with Gasteiger partial charge in [-0.1, -0.05) is 78.9 Å². The van der Waals surface area contributed by atoms with Gasteiger partial charge in [0.15, 0.2) is 8.32 Å². The summed E-state index contributed by atoms with van der Waals surface area (Å²) in [4.78, 5) is 53.6. The Labute approximate surface area is 289 Å². The molecular formula is C37H59N3O7Si. The lowest BCUT2D eigenvalue weighted by molar-refractivity contribution is -0.144. The van der Waals surface area contributed by atoms with Crippen LogP contribution in [0, 0.1) is 17.8 Å². The lowest BCUT2D eigenvalue weighted by Gasteiger charge is -2.38. The summed E-state index contributed by atoms with van der Waals surface area (Å²) in [7, 11) is -0.787. The van der Waals surface area contributed by atoms with Crippen LogP contribution in [0.1, 0.15) is 110 Å². The van der Waals surface area contributed by atoms with Crippen LogP contribution in [0.2, 0.25) is 18.1 Å². The van der Waals surface area contributed by atoms with E-state index in [1.807, 2.05) is 45.0 Å². The first-order valence-electron chi connectivity index (χ1n) is 17.2. The first kappa shape index (κ1) is 41.0. The second-order valence-electron chi connectivity index (χ2n) is 15.5. The lowest BCUT2D eigenvalue weighted by atomic mass is 9.85. The third-order valence-electron chi connectivity index (χ3n) is 9.51. The van der Waals surface area contributed by atoms with Crippen LogP contribution in [0.25, 0.3) is 0 Å². The Morgan fingerprint density at radius 3 is 2.10 bits per heavy atom. The van der Waals surface area contributed by atoms with Gasteiger partial charge < -0.3 is 29.8 Å². The molecule has 1 aromatic carbocycles. The molecule has 2 rings (SSSR count). The molecular weight excluding hydrogens is 627 g/mol. The Kier molecular flexibility index (Phi) is 15.3. The molecule has 268 valence electrons. The number of carbonyl (C=O) groups is 4. The molecule has 0 unspecified atom stereocenters. The number of nitrogens with one attached hydrogen (secondary N) is 2. The maximum Gasteiger partial charge on any atom is 0.305 e. The highest BCUT2D eigenvalue weighted by Crippen LogP contribution is 2.37. The quantitative estimate of drug-likeness (QED) is 0.0938. The van der Waals surface area contributed by atoms with E-state index >= 15 is 0 Å². The third kappa shape index (κ3) is 12.4. The topological polar surface area (TPSA) is 134 Å². The van der Waals surface area contributed by atoms with Gasteiger partial charge in [-0.3, -0.25) is 19.2 Å². The number of hydrogen-bond acceptors (Lipinski definition) is 7. The maximum absolute atomic E-state index is 14.1. The zero-order valence-electron chi connectivity index (χ0n) is 30.6. The minimum absolute atomic E-state index is 0.00700. The van der Waals surface area contributed by atoms with E-state index in [1.54, 1.807) is 0 Å². The number of hydrogen-bond donors (Lipinski definition) is 3. The van der Waals surface area contributed by atoms with Crippen LogP contribution in [0.4, 0.5) is 0 Å². The number of aliphatic hydroxyl groups excluding tert-OH is 1. The lowest BCUT2D eigenvalue weighted by Crippen LogP contribution is -2.58. The molecule has 0 aromatic heterocycles. The zero-order valence-corrected chi connectivity index (χ0v) is 31.6. The summed E-state index contributed by atoms with van der Waals surface area (Å²) in [6, 6.07) is 5.06. The van der Waals surface area contributed by atoms with Crippen molar-refractivity contribution < 1.29 is 33.4 Å². The van der Waals surface area contributed by atoms with Gasteiger partial charge in [-0.05, 0) is 54.1 Å². The fourth-order valence-electron chi connectivity index (χ4n) is 5.35. The van der Waals surface area contributed by atoms with Gasteiger partial charge in [-0.25, -0.2) is 0 Å². The van der Waals surface area contributed by atoms with Crippen molar-refractivity contribution in [3.8, 4) is 12.3 Å². The molecule has 3 amide bonds. The number of nitrogens with zero attached hydrogens (tertiary/aromatic N) is 1. The maximum atomic E-state index is 14.1. The minimum Gasteiger partial charge on any atom is -0.469 e. The smallest absolute Gasteiger partial charge is 0.305 e. The highest BCUT2D eigenvalue weighted by Gasteiger charge is 2.45. The average Bonchev–Trinajstić information content (AvgIpc) is 3.41. The Bertz CT molecular complexity index is 1280. The molecule has 0 saturated carbocycles. The van der Waals surface area contributed by atoms with E-state index < -0.39 is 49.8 Å². The van der Waals surface area contributed by atoms with Gasteiger partial charge in [0.05, 0.1) is 25.9 Å². The van der Waals surface area contributed by atoms with E-state index in [4.69, 9.17) is 10.8 Å². The molecule has 11 heteroatoms. The number of benzene rings is 1. The number of β-amino-alcohol motifs (C(OH)–C–C–N with tert-alkyl or cyclic N) is 1. The summed E-state index contributed by atoms with van der Waals surface area (Å²) in [6.45, 7) is 16.6. The van der Waals surface area contributed by atoms with Gasteiger partial charge in [0, 0.05) is 31.4 Å². The fraction of sp³-hybridized carbons (Fsp3) is 0.676. The van der Waals surface area contributed by atoms with E-state index in [9.17, 15) is 24.3 Å². The molecule has 10 nitrogen and oxygen atoms in total. The van der Waals surface area contributed by atoms with Gasteiger partial charge >= 0.3 is 5.97 Å². The van der Waals surface area contributed by atoms with Crippen molar-refractivity contribution in [2.24, 2.45) is 5.41 Å². The van der Waals surface area contributed by atoms with Crippen molar-refractivity contribution in [2.45, 2.75) is 135 Å². The Morgan fingerprint density at radius 2 is 1.56 bits per heavy atom. The van der Waals surface area contributed by atoms with Crippen LogP contribution in [0.5, 0.6) is 0 Å². The molecule has 1 saturated heterocycles. The number of likely N-dealkylation sites (tertiary alicyclic amines) is 1. The Morgan fingerprint density at radius 1 is 0.979 bits per heavy atom. The summed E-state index contributed by atoms with van der Waals surface area (Å²) >= 11 is 0. The van der Waals surface area contributed by atoms with Crippen LogP contribution in [-0.2, 0) is 28.3 Å². The van der Waals surface area contributed by atoms with E-state index in [2.05, 4.69) is 55.2 Å². The van der Waals surface area contributed by atoms with Crippen molar-refractivity contribution in [1.82, 2.24) is 15.5 Å². The van der Waals surface area contributed by atoms with E-state index in [-0.39, 0.29) is 42.9 Å². The molecule has 0 radical (unpaired) electrons. The van der Waals surface area contributed by atoms with Crippen LogP contribution in [-0.4, -0.2) is 80.5 Å². The molecule has 1 heterocycles. The number of rotatable bonds is 16. The van der Waals surface area contributed by atoms with Crippen molar-refractivity contribution in [2.75, 3.05) is 20.3 Å². The molecule has 48 heavy (non-hydrogen) atoms. The number of aliphatic hydroxyl groups is 1. The predicted octanol–water partition coefficient (Wildman–Crippen LogP) is 5.24. The molecule has 4 atom stereocenters. The van der Waals surface area contributed by atoms with Crippen LogP contribution in [0.3, 0.4) is 0 Å². The number of terminal acetylenes is 1. The van der Waals surface area contributed by atoms with Crippen molar-refractivity contribution in [1.29, 1.82) is 0 Å². The second-order valence-corrected chi connectivity index (χ2v) is 20.3. The standard InChI is InChI=1S/C37H59N3O7Si/c1-11-26-19-21-27(22-20-26)29(25-47-48(9,10)37(5,6)7)38-34(44)30-23-28(41)24-40(30)35(45)33(36(2,3)4)39-31(42)17-15-13-12-14-16-18-32(43)46-8/h1,19-22,28-30,33,41H,12-18,23-25H2,2-10H3,(H,38,44)(H,39,42)/t28-,29+,30+,33-/m1/s1. The molecule has 0 spiro atoms. The highest BCUT2D eigenvalue weighted by atomic mass is 28.4. The predicted molar refractivity (Wildman–Crippen MR) is 190 cm³/mol. The first-order valence-corrected chi connectivity index (χ1v) is 20.1. The zero-order chi connectivity index (χ0) is 36.3. The van der Waals surface area contributed by atoms with E-state index in [1.165, 1.54) is 12.0 Å². The number of unbranched alkanes of at least 4 members (excludes halogenated alkanes) is 4. The largest absolute Gasteiger partial charge is 0.469 e. The minimum atomic E-state index is -2.16. The SMILES string of the molecule is C#Cc1ccc([C@H](CO[Si](C)(C)C(C)(C)C)NC(=O)[C@@H]2C[C@@H](O)CN2C(=O)[C@@H](NC(=O)CCCCCCCC(=O)OC)C(C)(C)C)cc1. The molecule has 1 aromatic rings. The molecule has 0 aliphatic carbocycles. The second kappa shape index (κ2) is 18.0. The summed E-state index contributed by atoms with van der Waals surface area (Å²) in [5, 5.41) is 16.7. The number of carbonyl (C=O) groups excluding carboxylic acids is 4. The van der Waals surface area contributed by atoms with E-state index in [0.29, 0.717) is 12.8 Å². The first-order chi connectivity index (χ1) is 22.3. The molecule has 3 N–H and O–H groups in total. The summed E-state index contributed by atoms with van der Waals surface area (Å²) in [6.07, 6.45) is 9.43. The summed E-state index contributed by atoms with van der Waals surface area (Å²) < 4.78 is 11.2. The molecule has 1 aliphatic rings. The summed E-state index contributed by atoms with van der Waals surface area (Å²) in [5.74, 6) is 1.36. The van der Waals surface area contributed by atoms with Crippen molar-refractivity contribution >= 4 is 32.0 Å². The number of esters is 1. The third-order valence-corrected chi connectivity index (χ3v) is 14.0. The van der Waals surface area contributed by atoms with Gasteiger partial charge in [-0.2, -0.15) is 0 Å². The molecule has 0 bridgehead atoms. The van der Waals surface area contributed by atoms with Crippen LogP contribution < -0.4 is 10.6 Å². The van der Waals surface area contributed by atoms with E-state index in [0.717, 1.165) is 36.8 Å². The van der Waals surface area contributed by atoms with Crippen LogP contribution in [0.15, 0.2) is 24.3 Å². The Hall–Kier alpha value is -3.20. The van der Waals surface area contributed by atoms with Gasteiger partial charge in [0.25, 0.3) is 0 Å². The van der Waals surface area contributed by atoms with Crippen molar-refractivity contribution in [3.63, 3.8) is 0 Å². The Balaban J connectivity index is 2.15. The number of ether oxygens (including phenoxy) is 1. The van der Waals surface area contributed by atoms with Crippen molar-refractivity contribution in [3.05, 3.63) is 35.4 Å². The van der Waals surface area contributed by atoms with Gasteiger partial charge in [-0.15, -0.1) is 6.42 Å². The van der Waals surface area contributed by atoms with Gasteiger partial charge in [0.2, 0.25) is 17.7 Å². The number of methoxy groups -OCH3 is 1. The molecule has 1 aliphatic heterocycles. The fourth-order valence-corrected chi connectivity index (χ4v) is 6.37. The summed E-state index contributed by atoms with van der Waals surface area (Å²) in [5.41, 5.74) is 0.893. The number of amides is 3. The normalized spacial score (nSPS) is 18.1. The highest BCUT2D eigenvalue weighted by molar-refractivity contribution is 6.74. The van der Waals surface area contributed by atoms with Crippen LogP contribution >= 0.6 is 0 Å². The monoisotopic (exact) mass is 685 g/mol.